The lowest BCUT2D eigenvalue weighted by molar-refractivity contribution is 0.289. The maximum atomic E-state index is 6.18. The van der Waals surface area contributed by atoms with Gasteiger partial charge in [0.1, 0.15) is 5.75 Å². The minimum atomic E-state index is 0.550. The third-order valence-corrected chi connectivity index (χ3v) is 4.18. The van der Waals surface area contributed by atoms with Crippen molar-refractivity contribution in [3.05, 3.63) is 57.0 Å². The van der Waals surface area contributed by atoms with E-state index in [0.717, 1.165) is 33.0 Å². The predicted molar refractivity (Wildman–Crippen MR) is 82.0 cm³/mol. The summed E-state index contributed by atoms with van der Waals surface area (Å²) in [6, 6.07) is 12.2. The Balaban J connectivity index is 1.90. The molecule has 0 aromatic heterocycles. The normalized spacial score (nSPS) is 13.9. The highest BCUT2D eigenvalue weighted by Gasteiger charge is 2.18. The molecular formula is C15H13BrClNO. The lowest BCUT2D eigenvalue weighted by Crippen LogP contribution is -2.31. The van der Waals surface area contributed by atoms with Crippen LogP contribution >= 0.6 is 27.5 Å². The molecule has 0 amide bonds. The summed E-state index contributed by atoms with van der Waals surface area (Å²) < 4.78 is 6.85. The summed E-state index contributed by atoms with van der Waals surface area (Å²) in [5.41, 5.74) is 3.35. The third kappa shape index (κ3) is 2.58. The number of hydrogen-bond acceptors (Lipinski definition) is 2. The van der Waals surface area contributed by atoms with Gasteiger partial charge in [-0.3, -0.25) is 0 Å². The van der Waals surface area contributed by atoms with Crippen LogP contribution in [0, 0.1) is 6.92 Å². The summed E-state index contributed by atoms with van der Waals surface area (Å²) in [5.74, 6) is 0.956. The van der Waals surface area contributed by atoms with Crippen molar-refractivity contribution in [1.29, 1.82) is 0 Å². The Morgan fingerprint density at radius 1 is 1.21 bits per heavy atom. The van der Waals surface area contributed by atoms with Gasteiger partial charge in [0, 0.05) is 27.3 Å². The van der Waals surface area contributed by atoms with Crippen molar-refractivity contribution in [2.24, 2.45) is 0 Å². The zero-order valence-electron chi connectivity index (χ0n) is 10.5. The molecule has 19 heavy (non-hydrogen) atoms. The summed E-state index contributed by atoms with van der Waals surface area (Å²) in [7, 11) is 0. The molecular weight excluding hydrogens is 326 g/mol. The number of nitrogens with zero attached hydrogens (tertiary/aromatic N) is 1. The zero-order valence-corrected chi connectivity index (χ0v) is 12.8. The Kier molecular flexibility index (Phi) is 3.42. The van der Waals surface area contributed by atoms with Crippen molar-refractivity contribution in [3.8, 4) is 5.75 Å². The Morgan fingerprint density at radius 3 is 2.84 bits per heavy atom. The fourth-order valence-corrected chi connectivity index (χ4v) is 2.74. The number of aryl methyl sites for hydroxylation is 1. The Hall–Kier alpha value is -1.19. The maximum absolute atomic E-state index is 6.18. The highest BCUT2D eigenvalue weighted by Crippen LogP contribution is 2.31. The molecule has 0 saturated carbocycles. The van der Waals surface area contributed by atoms with Gasteiger partial charge in [-0.15, -0.1) is 0 Å². The molecule has 3 rings (SSSR count). The number of rotatable bonds is 1. The molecule has 0 fully saturated rings. The first-order valence-electron chi connectivity index (χ1n) is 6.06. The summed E-state index contributed by atoms with van der Waals surface area (Å²) >= 11 is 9.68. The minimum absolute atomic E-state index is 0.550. The van der Waals surface area contributed by atoms with Crippen LogP contribution in [0.4, 0.5) is 5.69 Å². The molecule has 4 heteroatoms. The van der Waals surface area contributed by atoms with E-state index in [1.54, 1.807) is 0 Å². The first kappa shape index (κ1) is 12.8. The van der Waals surface area contributed by atoms with Crippen molar-refractivity contribution < 1.29 is 4.74 Å². The molecule has 2 aromatic carbocycles. The van der Waals surface area contributed by atoms with E-state index in [0.29, 0.717) is 6.73 Å². The van der Waals surface area contributed by atoms with Gasteiger partial charge in [0.15, 0.2) is 6.73 Å². The number of benzene rings is 2. The molecule has 0 spiro atoms. The maximum Gasteiger partial charge on any atom is 0.161 e. The molecule has 2 aromatic rings. The lowest BCUT2D eigenvalue weighted by atomic mass is 10.1. The van der Waals surface area contributed by atoms with Gasteiger partial charge in [0.05, 0.1) is 0 Å². The van der Waals surface area contributed by atoms with E-state index < -0.39 is 0 Å². The summed E-state index contributed by atoms with van der Waals surface area (Å²) in [6.07, 6.45) is 0. The molecule has 2 nitrogen and oxygen atoms in total. The van der Waals surface area contributed by atoms with Crippen molar-refractivity contribution in [1.82, 2.24) is 0 Å². The van der Waals surface area contributed by atoms with E-state index in [4.69, 9.17) is 16.3 Å². The van der Waals surface area contributed by atoms with Gasteiger partial charge in [-0.25, -0.2) is 0 Å². The number of ether oxygens (including phenoxy) is 1. The van der Waals surface area contributed by atoms with Gasteiger partial charge in [-0.2, -0.15) is 0 Å². The molecule has 0 saturated heterocycles. The molecule has 0 N–H and O–H groups in total. The molecule has 0 aliphatic carbocycles. The first-order valence-corrected chi connectivity index (χ1v) is 7.23. The van der Waals surface area contributed by atoms with Crippen LogP contribution in [0.1, 0.15) is 11.1 Å². The Bertz CT molecular complexity index is 630. The second kappa shape index (κ2) is 5.06. The van der Waals surface area contributed by atoms with Gasteiger partial charge in [0.2, 0.25) is 0 Å². The van der Waals surface area contributed by atoms with Crippen LogP contribution in [0.5, 0.6) is 5.75 Å². The summed E-state index contributed by atoms with van der Waals surface area (Å²) in [6.45, 7) is 3.38. The van der Waals surface area contributed by atoms with E-state index in [9.17, 15) is 0 Å². The van der Waals surface area contributed by atoms with Crippen LogP contribution in [0.25, 0.3) is 0 Å². The van der Waals surface area contributed by atoms with Crippen molar-refractivity contribution in [2.75, 3.05) is 11.6 Å². The molecule has 0 unspecified atom stereocenters. The van der Waals surface area contributed by atoms with Crippen LogP contribution in [-0.4, -0.2) is 6.73 Å². The van der Waals surface area contributed by atoms with Gasteiger partial charge >= 0.3 is 0 Å². The second-order valence-electron chi connectivity index (χ2n) is 4.66. The van der Waals surface area contributed by atoms with E-state index in [-0.39, 0.29) is 0 Å². The first-order chi connectivity index (χ1) is 9.13. The SMILES string of the molecule is Cc1ccc(N2COc3ccc(Br)cc3C2)cc1Cl. The minimum Gasteiger partial charge on any atom is -0.473 e. The van der Waals surface area contributed by atoms with E-state index >= 15 is 0 Å². The van der Waals surface area contributed by atoms with Gasteiger partial charge in [-0.05, 0) is 42.8 Å². The lowest BCUT2D eigenvalue weighted by Gasteiger charge is -2.31. The Labute approximate surface area is 126 Å². The highest BCUT2D eigenvalue weighted by atomic mass is 79.9. The fraction of sp³-hybridized carbons (Fsp3) is 0.200. The van der Waals surface area contributed by atoms with Crippen LogP contribution < -0.4 is 9.64 Å². The van der Waals surface area contributed by atoms with Crippen LogP contribution in [0.15, 0.2) is 40.9 Å². The largest absolute Gasteiger partial charge is 0.473 e. The molecule has 0 atom stereocenters. The third-order valence-electron chi connectivity index (χ3n) is 3.28. The fourth-order valence-electron chi connectivity index (χ4n) is 2.16. The number of hydrogen-bond donors (Lipinski definition) is 0. The van der Waals surface area contributed by atoms with Gasteiger partial charge in [0.25, 0.3) is 0 Å². The van der Waals surface area contributed by atoms with Crippen LogP contribution in [-0.2, 0) is 6.54 Å². The molecule has 1 aliphatic heterocycles. The monoisotopic (exact) mass is 337 g/mol. The molecule has 1 aliphatic rings. The van der Waals surface area contributed by atoms with Crippen LogP contribution in [0.3, 0.4) is 0 Å². The van der Waals surface area contributed by atoms with E-state index in [1.165, 1.54) is 5.56 Å². The van der Waals surface area contributed by atoms with Gasteiger partial charge < -0.3 is 9.64 Å². The molecule has 98 valence electrons. The van der Waals surface area contributed by atoms with Crippen molar-refractivity contribution >= 4 is 33.2 Å². The van der Waals surface area contributed by atoms with Crippen molar-refractivity contribution in [2.45, 2.75) is 13.5 Å². The molecule has 1 heterocycles. The highest BCUT2D eigenvalue weighted by molar-refractivity contribution is 9.10. The van der Waals surface area contributed by atoms with Crippen molar-refractivity contribution in [3.63, 3.8) is 0 Å². The average Bonchev–Trinajstić information content (AvgIpc) is 2.41. The van der Waals surface area contributed by atoms with E-state index in [1.807, 2.05) is 31.2 Å². The van der Waals surface area contributed by atoms with Crippen LogP contribution in [0.2, 0.25) is 5.02 Å². The summed E-state index contributed by atoms with van der Waals surface area (Å²) in [4.78, 5) is 2.17. The standard InChI is InChI=1S/C15H13BrClNO/c1-10-2-4-13(7-14(10)17)18-8-11-6-12(16)3-5-15(11)19-9-18/h2-7H,8-9H2,1H3. The number of fused-ring (bicyclic) bond motifs is 1. The molecule has 0 radical (unpaired) electrons. The molecule has 0 bridgehead atoms. The predicted octanol–water partition coefficient (Wildman–Crippen LogP) is 4.77. The summed E-state index contributed by atoms with van der Waals surface area (Å²) in [5, 5.41) is 0.789. The quantitative estimate of drug-likeness (QED) is 0.743. The zero-order chi connectivity index (χ0) is 13.4. The second-order valence-corrected chi connectivity index (χ2v) is 5.98. The smallest absolute Gasteiger partial charge is 0.161 e. The van der Waals surface area contributed by atoms with Gasteiger partial charge in [-0.1, -0.05) is 33.6 Å². The average molecular weight is 339 g/mol. The topological polar surface area (TPSA) is 12.5 Å². The Morgan fingerprint density at radius 2 is 2.05 bits per heavy atom. The number of halogens is 2. The number of anilines is 1. The van der Waals surface area contributed by atoms with E-state index in [2.05, 4.69) is 33.0 Å².